The van der Waals surface area contributed by atoms with Gasteiger partial charge in [0.25, 0.3) is 0 Å². The summed E-state index contributed by atoms with van der Waals surface area (Å²) < 4.78 is 0. The number of hydrogen-bond donors (Lipinski definition) is 3. The summed E-state index contributed by atoms with van der Waals surface area (Å²) in [5, 5.41) is 11.4. The lowest BCUT2D eigenvalue weighted by atomic mass is 9.80. The number of carboxylic acids is 1. The topological polar surface area (TPSA) is 113 Å². The summed E-state index contributed by atoms with van der Waals surface area (Å²) in [6.07, 6.45) is 3.29. The number of rotatable bonds is 6. The minimum absolute atomic E-state index is 0.0181. The summed E-state index contributed by atoms with van der Waals surface area (Å²) in [4.78, 5) is 34.1. The van der Waals surface area contributed by atoms with Crippen LogP contribution in [0.3, 0.4) is 0 Å². The van der Waals surface area contributed by atoms with E-state index in [0.717, 1.165) is 24.2 Å². The summed E-state index contributed by atoms with van der Waals surface area (Å²) in [7, 11) is 0. The van der Waals surface area contributed by atoms with E-state index in [1.807, 2.05) is 6.92 Å². The molecule has 1 atom stereocenters. The first-order valence-electron chi connectivity index (χ1n) is 5.95. The smallest absolute Gasteiger partial charge is 0.323 e. The lowest BCUT2D eigenvalue weighted by Gasteiger charge is -2.33. The summed E-state index contributed by atoms with van der Waals surface area (Å²) in [6, 6.07) is -0.578. The van der Waals surface area contributed by atoms with Crippen LogP contribution in [0.5, 0.6) is 0 Å². The van der Waals surface area contributed by atoms with Crippen LogP contribution in [0.25, 0.3) is 0 Å². The molecule has 1 aliphatic rings. The van der Waals surface area contributed by atoms with Crippen molar-refractivity contribution >= 4 is 17.9 Å². The van der Waals surface area contributed by atoms with Gasteiger partial charge in [-0.2, -0.15) is 0 Å². The zero-order valence-electron chi connectivity index (χ0n) is 10.4. The molecule has 1 rings (SSSR count). The van der Waals surface area contributed by atoms with Gasteiger partial charge in [-0.05, 0) is 25.7 Å². The Bertz CT molecular complexity index is 325. The highest BCUT2D eigenvalue weighted by molar-refractivity contribution is 5.86. The van der Waals surface area contributed by atoms with E-state index in [-0.39, 0.29) is 6.04 Å². The molecule has 1 fully saturated rings. The van der Waals surface area contributed by atoms with Gasteiger partial charge in [0.1, 0.15) is 13.1 Å². The van der Waals surface area contributed by atoms with E-state index in [2.05, 4.69) is 5.32 Å². The molecule has 1 unspecified atom stereocenters. The molecule has 0 bridgehead atoms. The number of aliphatic carboxylic acids is 1. The van der Waals surface area contributed by atoms with Crippen molar-refractivity contribution in [3.8, 4) is 0 Å². The first kappa shape index (κ1) is 14.3. The number of urea groups is 1. The van der Waals surface area contributed by atoms with Crippen LogP contribution in [-0.4, -0.2) is 47.0 Å². The predicted octanol–water partition coefficient (Wildman–Crippen LogP) is -0.243. The predicted molar refractivity (Wildman–Crippen MR) is 63.7 cm³/mol. The molecule has 7 heteroatoms. The van der Waals surface area contributed by atoms with Crippen molar-refractivity contribution in [2.75, 3.05) is 13.1 Å². The van der Waals surface area contributed by atoms with Gasteiger partial charge in [-0.15, -0.1) is 0 Å². The third kappa shape index (κ3) is 4.23. The number of primary amides is 1. The Morgan fingerprint density at radius 1 is 1.39 bits per heavy atom. The van der Waals surface area contributed by atoms with Crippen LogP contribution in [0, 0.1) is 5.92 Å². The highest BCUT2D eigenvalue weighted by atomic mass is 16.4. The molecule has 1 saturated carbocycles. The number of nitrogens with two attached hydrogens (primary N) is 1. The van der Waals surface area contributed by atoms with Crippen molar-refractivity contribution in [1.82, 2.24) is 10.2 Å². The molecule has 0 aromatic rings. The van der Waals surface area contributed by atoms with E-state index >= 15 is 0 Å². The van der Waals surface area contributed by atoms with E-state index in [1.54, 1.807) is 0 Å². The van der Waals surface area contributed by atoms with Gasteiger partial charge in [0.15, 0.2) is 0 Å². The van der Waals surface area contributed by atoms with Gasteiger partial charge in [0.05, 0.1) is 0 Å². The molecule has 102 valence electrons. The summed E-state index contributed by atoms with van der Waals surface area (Å²) in [5.74, 6) is -1.47. The molecule has 0 aromatic heterocycles. The molecule has 3 amide bonds. The largest absolute Gasteiger partial charge is 0.480 e. The van der Waals surface area contributed by atoms with E-state index < -0.39 is 31.0 Å². The molecule has 0 aromatic carbocycles. The number of nitrogens with zero attached hydrogens (tertiary/aromatic N) is 1. The normalized spacial score (nSPS) is 16.5. The zero-order chi connectivity index (χ0) is 13.7. The Morgan fingerprint density at radius 2 is 2.00 bits per heavy atom. The van der Waals surface area contributed by atoms with E-state index in [4.69, 9.17) is 10.8 Å². The molecule has 7 nitrogen and oxygen atoms in total. The van der Waals surface area contributed by atoms with Crippen LogP contribution in [0.4, 0.5) is 4.79 Å². The Kier molecular flexibility index (Phi) is 4.94. The number of amides is 3. The van der Waals surface area contributed by atoms with Crippen molar-refractivity contribution in [2.24, 2.45) is 11.7 Å². The van der Waals surface area contributed by atoms with Crippen molar-refractivity contribution in [3.05, 3.63) is 0 Å². The lowest BCUT2D eigenvalue weighted by Crippen LogP contribution is -2.51. The summed E-state index contributed by atoms with van der Waals surface area (Å²) in [6.45, 7) is 0.951. The molecule has 0 heterocycles. The Balaban J connectivity index is 2.51. The fourth-order valence-corrected chi connectivity index (χ4v) is 1.89. The molecule has 0 aliphatic heterocycles. The average Bonchev–Trinajstić information content (AvgIpc) is 2.11. The third-order valence-electron chi connectivity index (χ3n) is 3.17. The van der Waals surface area contributed by atoms with Crippen LogP contribution >= 0.6 is 0 Å². The maximum absolute atomic E-state index is 11.8. The lowest BCUT2D eigenvalue weighted by molar-refractivity contribution is -0.137. The minimum Gasteiger partial charge on any atom is -0.480 e. The first-order chi connectivity index (χ1) is 8.40. The summed E-state index contributed by atoms with van der Waals surface area (Å²) >= 11 is 0. The number of nitrogens with one attached hydrogen (secondary N) is 1. The van der Waals surface area contributed by atoms with Gasteiger partial charge in [0.2, 0.25) is 5.91 Å². The Hall–Kier alpha value is -1.79. The van der Waals surface area contributed by atoms with Crippen LogP contribution in [0.2, 0.25) is 0 Å². The van der Waals surface area contributed by atoms with Gasteiger partial charge >= 0.3 is 12.0 Å². The van der Waals surface area contributed by atoms with E-state index in [1.165, 1.54) is 0 Å². The van der Waals surface area contributed by atoms with E-state index in [9.17, 15) is 14.4 Å². The minimum atomic E-state index is -1.18. The number of carbonyl (C=O) groups is 3. The molecule has 18 heavy (non-hydrogen) atoms. The first-order valence-corrected chi connectivity index (χ1v) is 5.95. The molecule has 0 radical (unpaired) electrons. The Morgan fingerprint density at radius 3 is 2.39 bits per heavy atom. The molecule has 0 spiro atoms. The quantitative estimate of drug-likeness (QED) is 0.609. The highest BCUT2D eigenvalue weighted by Gasteiger charge is 2.27. The van der Waals surface area contributed by atoms with Gasteiger partial charge in [0, 0.05) is 6.04 Å². The van der Waals surface area contributed by atoms with Crippen molar-refractivity contribution in [1.29, 1.82) is 0 Å². The third-order valence-corrected chi connectivity index (χ3v) is 3.17. The van der Waals surface area contributed by atoms with Crippen molar-refractivity contribution in [3.63, 3.8) is 0 Å². The average molecular weight is 257 g/mol. The molecule has 1 aliphatic carbocycles. The highest BCUT2D eigenvalue weighted by Crippen LogP contribution is 2.29. The van der Waals surface area contributed by atoms with Crippen LogP contribution < -0.4 is 11.1 Å². The van der Waals surface area contributed by atoms with Crippen molar-refractivity contribution in [2.45, 2.75) is 32.2 Å². The second-order valence-electron chi connectivity index (χ2n) is 4.65. The van der Waals surface area contributed by atoms with Crippen molar-refractivity contribution < 1.29 is 19.5 Å². The maximum Gasteiger partial charge on any atom is 0.323 e. The fourth-order valence-electron chi connectivity index (χ4n) is 1.89. The zero-order valence-corrected chi connectivity index (χ0v) is 10.4. The van der Waals surface area contributed by atoms with Gasteiger partial charge in [-0.3, -0.25) is 9.59 Å². The van der Waals surface area contributed by atoms with Crippen LogP contribution in [0.1, 0.15) is 26.2 Å². The van der Waals surface area contributed by atoms with Gasteiger partial charge < -0.3 is 21.1 Å². The second-order valence-corrected chi connectivity index (χ2v) is 4.65. The van der Waals surface area contributed by atoms with E-state index in [0.29, 0.717) is 5.92 Å². The molecule has 4 N–H and O–H groups in total. The monoisotopic (exact) mass is 257 g/mol. The molecular weight excluding hydrogens is 238 g/mol. The number of hydrogen-bond acceptors (Lipinski definition) is 3. The second kappa shape index (κ2) is 6.23. The standard InChI is InChI=1S/C11H19N3O4/c1-7(8-3-2-4-8)13-11(18)14(5-9(12)15)6-10(16)17/h7-8H,2-6H2,1H3,(H2,12,15)(H,13,18)(H,16,17). The maximum atomic E-state index is 11.8. The summed E-state index contributed by atoms with van der Waals surface area (Å²) in [5.41, 5.74) is 4.98. The van der Waals surface area contributed by atoms with Gasteiger partial charge in [-0.25, -0.2) is 4.79 Å². The molecular formula is C11H19N3O4. The van der Waals surface area contributed by atoms with Crippen LogP contribution in [0.15, 0.2) is 0 Å². The molecule has 0 saturated heterocycles. The number of carboxylic acid groups (broad SMARTS) is 1. The fraction of sp³-hybridized carbons (Fsp3) is 0.727. The van der Waals surface area contributed by atoms with Gasteiger partial charge in [-0.1, -0.05) is 6.42 Å². The van der Waals surface area contributed by atoms with Crippen LogP contribution in [-0.2, 0) is 9.59 Å². The SMILES string of the molecule is CC(NC(=O)N(CC(N)=O)CC(=O)O)C1CCC1. The Labute approximate surface area is 105 Å². The number of carbonyl (C=O) groups excluding carboxylic acids is 2.